The van der Waals surface area contributed by atoms with Gasteiger partial charge in [-0.2, -0.15) is 0 Å². The summed E-state index contributed by atoms with van der Waals surface area (Å²) in [6.45, 7) is 4.62. The maximum atomic E-state index is 6.21. The first-order chi connectivity index (χ1) is 9.05. The highest BCUT2D eigenvalue weighted by molar-refractivity contribution is 5.94. The Hall–Kier alpha value is -1.60. The standard InChI is InChI=1S/C18H21N/c1-18(2)11-14(10-15(19)12-18)17-9-5-7-13-6-3-4-8-16(13)17/h3-10,15H,11-12,19H2,1-2H3. The van der Waals surface area contributed by atoms with Gasteiger partial charge in [0.2, 0.25) is 0 Å². The number of rotatable bonds is 1. The van der Waals surface area contributed by atoms with Crippen LogP contribution in [0.5, 0.6) is 0 Å². The van der Waals surface area contributed by atoms with E-state index in [1.165, 1.54) is 21.9 Å². The van der Waals surface area contributed by atoms with Crippen LogP contribution in [0.1, 0.15) is 32.3 Å². The van der Waals surface area contributed by atoms with E-state index in [4.69, 9.17) is 5.73 Å². The third kappa shape index (κ3) is 2.43. The van der Waals surface area contributed by atoms with E-state index in [9.17, 15) is 0 Å². The summed E-state index contributed by atoms with van der Waals surface area (Å²) < 4.78 is 0. The first-order valence-corrected chi connectivity index (χ1v) is 7.00. The summed E-state index contributed by atoms with van der Waals surface area (Å²) in [6.07, 6.45) is 4.43. The second kappa shape index (κ2) is 4.50. The molecule has 19 heavy (non-hydrogen) atoms. The number of nitrogens with two attached hydrogens (primary N) is 1. The molecule has 0 radical (unpaired) electrons. The summed E-state index contributed by atoms with van der Waals surface area (Å²) in [5, 5.41) is 2.64. The average molecular weight is 251 g/mol. The van der Waals surface area contributed by atoms with Crippen LogP contribution in [-0.4, -0.2) is 6.04 Å². The van der Waals surface area contributed by atoms with Gasteiger partial charge in [0.05, 0.1) is 0 Å². The largest absolute Gasteiger partial charge is 0.324 e. The Morgan fingerprint density at radius 3 is 2.58 bits per heavy atom. The van der Waals surface area contributed by atoms with Gasteiger partial charge >= 0.3 is 0 Å². The maximum absolute atomic E-state index is 6.21. The Bertz CT molecular complexity index is 632. The van der Waals surface area contributed by atoms with Gasteiger partial charge in [-0.1, -0.05) is 62.4 Å². The molecule has 1 aliphatic rings. The number of allylic oxidation sites excluding steroid dienone is 1. The Labute approximate surface area is 115 Å². The van der Waals surface area contributed by atoms with E-state index >= 15 is 0 Å². The van der Waals surface area contributed by atoms with Crippen molar-refractivity contribution in [2.24, 2.45) is 11.1 Å². The van der Waals surface area contributed by atoms with Crippen molar-refractivity contribution in [1.29, 1.82) is 0 Å². The van der Waals surface area contributed by atoms with Crippen LogP contribution < -0.4 is 5.73 Å². The van der Waals surface area contributed by atoms with Crippen LogP contribution in [0.2, 0.25) is 0 Å². The predicted octanol–water partition coefficient (Wildman–Crippen LogP) is 4.37. The summed E-state index contributed by atoms with van der Waals surface area (Å²) in [5.74, 6) is 0. The molecule has 0 saturated heterocycles. The van der Waals surface area contributed by atoms with E-state index in [1.807, 2.05) is 0 Å². The van der Waals surface area contributed by atoms with E-state index in [-0.39, 0.29) is 6.04 Å². The Morgan fingerprint density at radius 1 is 1.05 bits per heavy atom. The molecular weight excluding hydrogens is 230 g/mol. The van der Waals surface area contributed by atoms with Crippen molar-refractivity contribution in [3.8, 4) is 0 Å². The zero-order chi connectivity index (χ0) is 13.5. The minimum atomic E-state index is 0.178. The summed E-state index contributed by atoms with van der Waals surface area (Å²) in [5.41, 5.74) is 9.25. The predicted molar refractivity (Wildman–Crippen MR) is 82.9 cm³/mol. The summed E-state index contributed by atoms with van der Waals surface area (Å²) >= 11 is 0. The van der Waals surface area contributed by atoms with Crippen LogP contribution in [0, 0.1) is 5.41 Å². The van der Waals surface area contributed by atoms with E-state index < -0.39 is 0 Å². The zero-order valence-electron chi connectivity index (χ0n) is 11.7. The van der Waals surface area contributed by atoms with E-state index in [0.29, 0.717) is 5.41 Å². The van der Waals surface area contributed by atoms with Crippen LogP contribution in [-0.2, 0) is 0 Å². The van der Waals surface area contributed by atoms with Gasteiger partial charge in [-0.05, 0) is 40.2 Å². The molecule has 2 aromatic rings. The number of benzene rings is 2. The molecule has 0 aromatic heterocycles. The van der Waals surface area contributed by atoms with Crippen LogP contribution >= 0.6 is 0 Å². The van der Waals surface area contributed by atoms with E-state index in [2.05, 4.69) is 62.4 Å². The van der Waals surface area contributed by atoms with Gasteiger partial charge in [0, 0.05) is 6.04 Å². The summed E-state index contributed by atoms with van der Waals surface area (Å²) in [4.78, 5) is 0. The third-order valence-corrected chi connectivity index (χ3v) is 4.01. The van der Waals surface area contributed by atoms with Crippen molar-refractivity contribution in [2.75, 3.05) is 0 Å². The lowest BCUT2D eigenvalue weighted by molar-refractivity contribution is 0.319. The number of hydrogen-bond acceptors (Lipinski definition) is 1. The highest BCUT2D eigenvalue weighted by Crippen LogP contribution is 2.40. The normalized spacial score (nSPS) is 22.3. The van der Waals surface area contributed by atoms with Crippen molar-refractivity contribution in [3.05, 3.63) is 54.1 Å². The Morgan fingerprint density at radius 2 is 1.79 bits per heavy atom. The van der Waals surface area contributed by atoms with Crippen molar-refractivity contribution in [3.63, 3.8) is 0 Å². The molecular formula is C18H21N. The molecule has 1 heteroatoms. The molecule has 2 aromatic carbocycles. The molecule has 0 saturated carbocycles. The van der Waals surface area contributed by atoms with Crippen molar-refractivity contribution in [2.45, 2.75) is 32.7 Å². The second-order valence-electron chi connectivity index (χ2n) is 6.43. The van der Waals surface area contributed by atoms with Crippen LogP contribution in [0.3, 0.4) is 0 Å². The summed E-state index contributed by atoms with van der Waals surface area (Å²) in [6, 6.07) is 15.3. The highest BCUT2D eigenvalue weighted by Gasteiger charge is 2.27. The molecule has 1 atom stereocenters. The third-order valence-electron chi connectivity index (χ3n) is 4.01. The lowest BCUT2D eigenvalue weighted by Gasteiger charge is -2.33. The maximum Gasteiger partial charge on any atom is 0.0234 e. The van der Waals surface area contributed by atoms with Gasteiger partial charge in [-0.15, -0.1) is 0 Å². The van der Waals surface area contributed by atoms with E-state index in [1.54, 1.807) is 0 Å². The Balaban J connectivity index is 2.14. The van der Waals surface area contributed by atoms with E-state index in [0.717, 1.165) is 12.8 Å². The average Bonchev–Trinajstić information content (AvgIpc) is 2.35. The first-order valence-electron chi connectivity index (χ1n) is 7.00. The van der Waals surface area contributed by atoms with Gasteiger partial charge in [0.1, 0.15) is 0 Å². The lowest BCUT2D eigenvalue weighted by atomic mass is 9.73. The topological polar surface area (TPSA) is 26.0 Å². The summed E-state index contributed by atoms with van der Waals surface area (Å²) in [7, 11) is 0. The molecule has 1 aliphatic carbocycles. The Kier molecular flexibility index (Phi) is 2.94. The van der Waals surface area contributed by atoms with Gasteiger partial charge < -0.3 is 5.73 Å². The minimum absolute atomic E-state index is 0.178. The molecule has 0 aliphatic heterocycles. The van der Waals surface area contributed by atoms with Crippen molar-refractivity contribution < 1.29 is 0 Å². The molecule has 0 amide bonds. The molecule has 0 heterocycles. The fourth-order valence-electron chi connectivity index (χ4n) is 3.29. The molecule has 2 N–H and O–H groups in total. The fourth-order valence-corrected chi connectivity index (χ4v) is 3.29. The second-order valence-corrected chi connectivity index (χ2v) is 6.43. The molecule has 1 nitrogen and oxygen atoms in total. The van der Waals surface area contributed by atoms with Gasteiger partial charge in [-0.3, -0.25) is 0 Å². The van der Waals surface area contributed by atoms with Gasteiger partial charge in [-0.25, -0.2) is 0 Å². The van der Waals surface area contributed by atoms with Crippen LogP contribution in [0.4, 0.5) is 0 Å². The fraction of sp³-hybridized carbons (Fsp3) is 0.333. The monoisotopic (exact) mass is 251 g/mol. The molecule has 98 valence electrons. The lowest BCUT2D eigenvalue weighted by Crippen LogP contribution is -2.30. The molecule has 0 bridgehead atoms. The number of fused-ring (bicyclic) bond motifs is 1. The quantitative estimate of drug-likeness (QED) is 0.800. The van der Waals surface area contributed by atoms with Crippen LogP contribution in [0.25, 0.3) is 16.3 Å². The molecule has 1 unspecified atom stereocenters. The van der Waals surface area contributed by atoms with Gasteiger partial charge in [0.25, 0.3) is 0 Å². The van der Waals surface area contributed by atoms with Gasteiger partial charge in [0.15, 0.2) is 0 Å². The van der Waals surface area contributed by atoms with Crippen molar-refractivity contribution in [1.82, 2.24) is 0 Å². The smallest absolute Gasteiger partial charge is 0.0234 e. The minimum Gasteiger partial charge on any atom is -0.324 e. The van der Waals surface area contributed by atoms with Crippen molar-refractivity contribution >= 4 is 16.3 Å². The number of hydrogen-bond donors (Lipinski definition) is 1. The zero-order valence-corrected chi connectivity index (χ0v) is 11.7. The molecule has 0 fully saturated rings. The SMILES string of the molecule is CC1(C)CC(c2cccc3ccccc23)=CC(N)C1. The highest BCUT2D eigenvalue weighted by atomic mass is 14.6. The van der Waals surface area contributed by atoms with Crippen LogP contribution in [0.15, 0.2) is 48.5 Å². The molecule has 3 rings (SSSR count). The molecule has 0 spiro atoms. The first kappa shape index (κ1) is 12.4.